The summed E-state index contributed by atoms with van der Waals surface area (Å²) in [6.07, 6.45) is 4.87. The van der Waals surface area contributed by atoms with Crippen LogP contribution in [0.3, 0.4) is 0 Å². The van der Waals surface area contributed by atoms with Crippen LogP contribution in [0.15, 0.2) is 36.7 Å². The quantitative estimate of drug-likeness (QED) is 0.903. The molecule has 0 saturated heterocycles. The molecule has 0 aliphatic rings. The van der Waals surface area contributed by atoms with E-state index < -0.39 is 0 Å². The van der Waals surface area contributed by atoms with Crippen molar-refractivity contribution in [3.63, 3.8) is 0 Å². The van der Waals surface area contributed by atoms with Gasteiger partial charge in [-0.05, 0) is 36.7 Å². The summed E-state index contributed by atoms with van der Waals surface area (Å²) in [5.74, 6) is 0. The number of likely N-dealkylation sites (N-methyl/N-ethyl adjacent to an activating group) is 1. The minimum atomic E-state index is 0.288. The molecule has 2 rings (SSSR count). The van der Waals surface area contributed by atoms with Crippen LogP contribution in [-0.2, 0) is 13.5 Å². The van der Waals surface area contributed by atoms with Gasteiger partial charge >= 0.3 is 0 Å². The molecule has 0 spiro atoms. The minimum absolute atomic E-state index is 0.288. The van der Waals surface area contributed by atoms with Crippen molar-refractivity contribution in [1.82, 2.24) is 15.1 Å². The highest BCUT2D eigenvalue weighted by atomic mass is 35.5. The SMILES string of the molecule is CNC(Cc1cnn(C)c1)c1ccc(Cl)cc1. The lowest BCUT2D eigenvalue weighted by atomic mass is 10.0. The highest BCUT2D eigenvalue weighted by Gasteiger charge is 2.10. The summed E-state index contributed by atoms with van der Waals surface area (Å²) in [5.41, 5.74) is 2.46. The van der Waals surface area contributed by atoms with Crippen LogP contribution in [-0.4, -0.2) is 16.8 Å². The van der Waals surface area contributed by atoms with Crippen molar-refractivity contribution in [2.45, 2.75) is 12.5 Å². The Labute approximate surface area is 106 Å². The second-order valence-corrected chi connectivity index (χ2v) is 4.56. The molecule has 17 heavy (non-hydrogen) atoms. The summed E-state index contributed by atoms with van der Waals surface area (Å²) in [6.45, 7) is 0. The maximum Gasteiger partial charge on any atom is 0.0522 e. The third-order valence-electron chi connectivity index (χ3n) is 2.82. The summed E-state index contributed by atoms with van der Waals surface area (Å²) in [6, 6.07) is 8.24. The Bertz CT molecular complexity index is 476. The number of aryl methyl sites for hydroxylation is 1. The highest BCUT2D eigenvalue weighted by Crippen LogP contribution is 2.19. The van der Waals surface area contributed by atoms with Crippen LogP contribution >= 0.6 is 11.6 Å². The monoisotopic (exact) mass is 249 g/mol. The van der Waals surface area contributed by atoms with E-state index in [4.69, 9.17) is 11.6 Å². The van der Waals surface area contributed by atoms with E-state index in [1.165, 1.54) is 11.1 Å². The molecule has 1 atom stereocenters. The number of halogens is 1. The van der Waals surface area contributed by atoms with Gasteiger partial charge in [0.1, 0.15) is 0 Å². The standard InChI is InChI=1S/C13H16ClN3/c1-15-13(7-10-8-16-17(2)9-10)11-3-5-12(14)6-4-11/h3-6,8-9,13,15H,7H2,1-2H3. The van der Waals surface area contributed by atoms with Gasteiger partial charge in [0.2, 0.25) is 0 Å². The van der Waals surface area contributed by atoms with Gasteiger partial charge in [-0.15, -0.1) is 0 Å². The largest absolute Gasteiger partial charge is 0.313 e. The summed E-state index contributed by atoms with van der Waals surface area (Å²) in [7, 11) is 3.90. The topological polar surface area (TPSA) is 29.9 Å². The van der Waals surface area contributed by atoms with Gasteiger partial charge in [-0.25, -0.2) is 0 Å². The van der Waals surface area contributed by atoms with E-state index >= 15 is 0 Å². The van der Waals surface area contributed by atoms with Crippen LogP contribution in [0.2, 0.25) is 5.02 Å². The Morgan fingerprint density at radius 1 is 1.35 bits per heavy atom. The summed E-state index contributed by atoms with van der Waals surface area (Å²) >= 11 is 5.89. The zero-order valence-electron chi connectivity index (χ0n) is 10.0. The van der Waals surface area contributed by atoms with Gasteiger partial charge in [0.25, 0.3) is 0 Å². The predicted molar refractivity (Wildman–Crippen MR) is 70.2 cm³/mol. The molecular formula is C13H16ClN3. The zero-order valence-corrected chi connectivity index (χ0v) is 10.8. The average molecular weight is 250 g/mol. The van der Waals surface area contributed by atoms with Gasteiger partial charge in [-0.1, -0.05) is 23.7 Å². The van der Waals surface area contributed by atoms with E-state index in [2.05, 4.69) is 22.5 Å². The third kappa shape index (κ3) is 3.08. The third-order valence-corrected chi connectivity index (χ3v) is 3.07. The molecule has 3 nitrogen and oxygen atoms in total. The fourth-order valence-corrected chi connectivity index (χ4v) is 2.02. The first kappa shape index (κ1) is 12.1. The Morgan fingerprint density at radius 2 is 2.06 bits per heavy atom. The first-order valence-corrected chi connectivity index (χ1v) is 5.97. The van der Waals surface area contributed by atoms with E-state index in [0.717, 1.165) is 11.4 Å². The Kier molecular flexibility index (Phi) is 3.82. The predicted octanol–water partition coefficient (Wildman–Crippen LogP) is 2.58. The van der Waals surface area contributed by atoms with Crippen LogP contribution < -0.4 is 5.32 Å². The van der Waals surface area contributed by atoms with E-state index in [0.29, 0.717) is 0 Å². The van der Waals surface area contributed by atoms with E-state index in [1.54, 1.807) is 0 Å². The highest BCUT2D eigenvalue weighted by molar-refractivity contribution is 6.30. The molecule has 1 unspecified atom stereocenters. The first-order valence-electron chi connectivity index (χ1n) is 5.59. The lowest BCUT2D eigenvalue weighted by molar-refractivity contribution is 0.592. The molecule has 1 aromatic carbocycles. The van der Waals surface area contributed by atoms with Gasteiger partial charge in [-0.3, -0.25) is 4.68 Å². The molecule has 0 aliphatic heterocycles. The maximum atomic E-state index is 5.89. The number of nitrogens with zero attached hydrogens (tertiary/aromatic N) is 2. The van der Waals surface area contributed by atoms with Crippen LogP contribution in [0.5, 0.6) is 0 Å². The van der Waals surface area contributed by atoms with Gasteiger partial charge in [0, 0.05) is 24.3 Å². The molecule has 0 amide bonds. The zero-order chi connectivity index (χ0) is 12.3. The smallest absolute Gasteiger partial charge is 0.0522 e. The van der Waals surface area contributed by atoms with Crippen molar-refractivity contribution < 1.29 is 0 Å². The summed E-state index contributed by atoms with van der Waals surface area (Å²) in [4.78, 5) is 0. The van der Waals surface area contributed by atoms with Crippen molar-refractivity contribution in [2.75, 3.05) is 7.05 Å². The number of aromatic nitrogens is 2. The van der Waals surface area contributed by atoms with Crippen LogP contribution in [0.4, 0.5) is 0 Å². The number of nitrogens with one attached hydrogen (secondary N) is 1. The molecule has 0 saturated carbocycles. The Balaban J connectivity index is 2.13. The first-order chi connectivity index (χ1) is 8.19. The molecule has 0 aliphatic carbocycles. The number of benzene rings is 1. The van der Waals surface area contributed by atoms with Gasteiger partial charge < -0.3 is 5.32 Å². The fraction of sp³-hybridized carbons (Fsp3) is 0.308. The lowest BCUT2D eigenvalue weighted by Crippen LogP contribution is -2.18. The van der Waals surface area contributed by atoms with E-state index in [9.17, 15) is 0 Å². The van der Waals surface area contributed by atoms with Crippen LogP contribution in [0.25, 0.3) is 0 Å². The summed E-state index contributed by atoms with van der Waals surface area (Å²) < 4.78 is 1.82. The minimum Gasteiger partial charge on any atom is -0.313 e. The van der Waals surface area contributed by atoms with Gasteiger partial charge in [0.05, 0.1) is 6.20 Å². The second-order valence-electron chi connectivity index (χ2n) is 4.12. The summed E-state index contributed by atoms with van der Waals surface area (Å²) in [5, 5.41) is 8.26. The molecule has 2 aromatic rings. The molecule has 0 bridgehead atoms. The van der Waals surface area contributed by atoms with E-state index in [-0.39, 0.29) is 6.04 Å². The average Bonchev–Trinajstić information content (AvgIpc) is 2.73. The molecule has 0 radical (unpaired) electrons. The van der Waals surface area contributed by atoms with Crippen molar-refractivity contribution >= 4 is 11.6 Å². The number of hydrogen-bond donors (Lipinski definition) is 1. The van der Waals surface area contributed by atoms with E-state index in [1.807, 2.05) is 43.3 Å². The van der Waals surface area contributed by atoms with Crippen molar-refractivity contribution in [3.05, 3.63) is 52.8 Å². The number of hydrogen-bond acceptors (Lipinski definition) is 2. The molecule has 4 heteroatoms. The molecule has 1 aromatic heterocycles. The second kappa shape index (κ2) is 5.34. The van der Waals surface area contributed by atoms with Crippen LogP contribution in [0, 0.1) is 0 Å². The lowest BCUT2D eigenvalue weighted by Gasteiger charge is -2.15. The van der Waals surface area contributed by atoms with Gasteiger partial charge in [-0.2, -0.15) is 5.10 Å². The number of rotatable bonds is 4. The Hall–Kier alpha value is -1.32. The van der Waals surface area contributed by atoms with Crippen molar-refractivity contribution in [3.8, 4) is 0 Å². The molecular weight excluding hydrogens is 234 g/mol. The Morgan fingerprint density at radius 3 is 2.59 bits per heavy atom. The van der Waals surface area contributed by atoms with Crippen molar-refractivity contribution in [1.29, 1.82) is 0 Å². The maximum absolute atomic E-state index is 5.89. The molecule has 1 heterocycles. The molecule has 90 valence electrons. The molecule has 1 N–H and O–H groups in total. The van der Waals surface area contributed by atoms with Gasteiger partial charge in [0.15, 0.2) is 0 Å². The van der Waals surface area contributed by atoms with Crippen molar-refractivity contribution in [2.24, 2.45) is 7.05 Å². The fourth-order valence-electron chi connectivity index (χ4n) is 1.89. The normalized spacial score (nSPS) is 12.6. The van der Waals surface area contributed by atoms with Crippen LogP contribution in [0.1, 0.15) is 17.2 Å². The molecule has 0 fully saturated rings.